The van der Waals surface area contributed by atoms with E-state index in [1.54, 1.807) is 0 Å². The fourth-order valence-electron chi connectivity index (χ4n) is 2.13. The van der Waals surface area contributed by atoms with Gasteiger partial charge in [-0.1, -0.05) is 70.9 Å². The summed E-state index contributed by atoms with van der Waals surface area (Å²) >= 11 is 9.79. The molecular weight excluding hydrogens is 348 g/mol. The fourth-order valence-corrected chi connectivity index (χ4v) is 3.15. The molecule has 21 heavy (non-hydrogen) atoms. The van der Waals surface area contributed by atoms with E-state index in [-0.39, 0.29) is 0 Å². The summed E-state index contributed by atoms with van der Waals surface area (Å²) in [7, 11) is 0. The van der Waals surface area contributed by atoms with Crippen LogP contribution in [0, 0.1) is 5.92 Å². The molecule has 0 aromatic heterocycles. The first-order valence-corrected chi connectivity index (χ1v) is 8.74. The molecule has 0 fully saturated rings. The highest BCUT2D eigenvalue weighted by Crippen LogP contribution is 2.30. The van der Waals surface area contributed by atoms with Crippen molar-refractivity contribution in [2.45, 2.75) is 19.8 Å². The van der Waals surface area contributed by atoms with Gasteiger partial charge in [0.25, 0.3) is 0 Å². The monoisotopic (exact) mass is 366 g/mol. The second-order valence-electron chi connectivity index (χ2n) is 5.23. The zero-order chi connectivity index (χ0) is 15.1. The molecule has 0 spiro atoms. The first-order chi connectivity index (χ1) is 10.2. The van der Waals surface area contributed by atoms with Crippen molar-refractivity contribution < 1.29 is 4.74 Å². The van der Waals surface area contributed by atoms with Gasteiger partial charge in [-0.3, -0.25) is 0 Å². The predicted molar refractivity (Wildman–Crippen MR) is 94.6 cm³/mol. The topological polar surface area (TPSA) is 9.23 Å². The van der Waals surface area contributed by atoms with E-state index in [9.17, 15) is 0 Å². The Morgan fingerprint density at radius 3 is 2.48 bits per heavy atom. The quantitative estimate of drug-likeness (QED) is 0.530. The highest BCUT2D eigenvalue weighted by Gasteiger charge is 2.06. The maximum Gasteiger partial charge on any atom is 0.137 e. The van der Waals surface area contributed by atoms with E-state index in [0.29, 0.717) is 17.5 Å². The van der Waals surface area contributed by atoms with Crippen molar-refractivity contribution in [2.24, 2.45) is 5.92 Å². The standard InChI is InChI=1S/C18H20BrClO/c1-14(9-11-19)10-12-21-18-8-7-16(13-17(18)20)15-5-3-2-4-6-15/h2-8,13-14H,9-12H2,1H3. The van der Waals surface area contributed by atoms with Gasteiger partial charge in [0, 0.05) is 5.33 Å². The van der Waals surface area contributed by atoms with Crippen molar-refractivity contribution in [3.8, 4) is 16.9 Å². The minimum Gasteiger partial charge on any atom is -0.492 e. The number of hydrogen-bond donors (Lipinski definition) is 0. The molecule has 0 bridgehead atoms. The molecule has 2 rings (SSSR count). The van der Waals surface area contributed by atoms with Crippen LogP contribution in [0.15, 0.2) is 48.5 Å². The number of hydrogen-bond acceptors (Lipinski definition) is 1. The second-order valence-corrected chi connectivity index (χ2v) is 6.43. The highest BCUT2D eigenvalue weighted by molar-refractivity contribution is 9.09. The molecular formula is C18H20BrClO. The molecule has 0 radical (unpaired) electrons. The van der Waals surface area contributed by atoms with Crippen molar-refractivity contribution in [3.63, 3.8) is 0 Å². The largest absolute Gasteiger partial charge is 0.492 e. The molecule has 0 amide bonds. The van der Waals surface area contributed by atoms with Crippen LogP contribution in [-0.2, 0) is 0 Å². The van der Waals surface area contributed by atoms with Gasteiger partial charge in [-0.25, -0.2) is 0 Å². The third kappa shape index (κ3) is 5.05. The Hall–Kier alpha value is -0.990. The Labute approximate surface area is 140 Å². The first-order valence-electron chi connectivity index (χ1n) is 7.24. The van der Waals surface area contributed by atoms with Crippen LogP contribution in [0.4, 0.5) is 0 Å². The zero-order valence-corrected chi connectivity index (χ0v) is 14.5. The lowest BCUT2D eigenvalue weighted by molar-refractivity contribution is 0.282. The molecule has 0 N–H and O–H groups in total. The van der Waals surface area contributed by atoms with E-state index in [4.69, 9.17) is 16.3 Å². The summed E-state index contributed by atoms with van der Waals surface area (Å²) in [6.45, 7) is 2.95. The van der Waals surface area contributed by atoms with E-state index in [1.165, 1.54) is 6.42 Å². The molecule has 0 saturated heterocycles. The number of rotatable bonds is 7. The molecule has 1 atom stereocenters. The van der Waals surface area contributed by atoms with E-state index in [0.717, 1.165) is 28.6 Å². The van der Waals surface area contributed by atoms with Crippen LogP contribution in [0.1, 0.15) is 19.8 Å². The molecule has 0 saturated carbocycles. The van der Waals surface area contributed by atoms with Crippen molar-refractivity contribution >= 4 is 27.5 Å². The third-order valence-electron chi connectivity index (χ3n) is 3.51. The highest BCUT2D eigenvalue weighted by atomic mass is 79.9. The van der Waals surface area contributed by atoms with Crippen molar-refractivity contribution in [1.29, 1.82) is 0 Å². The number of alkyl halides is 1. The molecule has 0 heterocycles. The maximum absolute atomic E-state index is 6.32. The van der Waals surface area contributed by atoms with Gasteiger partial charge in [0.15, 0.2) is 0 Å². The zero-order valence-electron chi connectivity index (χ0n) is 12.2. The predicted octanol–water partition coefficient (Wildman–Crippen LogP) is 6.20. The van der Waals surface area contributed by atoms with Gasteiger partial charge < -0.3 is 4.74 Å². The van der Waals surface area contributed by atoms with Crippen LogP contribution in [0.3, 0.4) is 0 Å². The molecule has 0 aliphatic rings. The molecule has 112 valence electrons. The molecule has 0 aliphatic carbocycles. The van der Waals surface area contributed by atoms with E-state index in [1.807, 2.05) is 30.3 Å². The Balaban J connectivity index is 1.97. The van der Waals surface area contributed by atoms with Gasteiger partial charge in [0.1, 0.15) is 5.75 Å². The first kappa shape index (κ1) is 16.4. The average Bonchev–Trinajstić information content (AvgIpc) is 2.50. The lowest BCUT2D eigenvalue weighted by Gasteiger charge is -2.12. The van der Waals surface area contributed by atoms with Crippen LogP contribution >= 0.6 is 27.5 Å². The van der Waals surface area contributed by atoms with Gasteiger partial charge in [0.2, 0.25) is 0 Å². The summed E-state index contributed by atoms with van der Waals surface area (Å²) in [5.41, 5.74) is 2.28. The molecule has 0 aliphatic heterocycles. The van der Waals surface area contributed by atoms with Gasteiger partial charge >= 0.3 is 0 Å². The average molecular weight is 368 g/mol. The molecule has 2 aromatic rings. The second kappa shape index (κ2) is 8.45. The van der Waals surface area contributed by atoms with Crippen LogP contribution in [0.5, 0.6) is 5.75 Å². The van der Waals surface area contributed by atoms with Crippen molar-refractivity contribution in [1.82, 2.24) is 0 Å². The van der Waals surface area contributed by atoms with Crippen LogP contribution in [-0.4, -0.2) is 11.9 Å². The third-order valence-corrected chi connectivity index (χ3v) is 4.26. The Bertz CT molecular complexity index is 556. The van der Waals surface area contributed by atoms with Crippen LogP contribution in [0.2, 0.25) is 5.02 Å². The molecule has 3 heteroatoms. The summed E-state index contributed by atoms with van der Waals surface area (Å²) in [5, 5.41) is 1.71. The van der Waals surface area contributed by atoms with Crippen LogP contribution < -0.4 is 4.74 Å². The van der Waals surface area contributed by atoms with E-state index in [2.05, 4.69) is 41.1 Å². The fraction of sp³-hybridized carbons (Fsp3) is 0.333. The van der Waals surface area contributed by atoms with Crippen LogP contribution in [0.25, 0.3) is 11.1 Å². The summed E-state index contributed by atoms with van der Waals surface area (Å²) < 4.78 is 5.80. The van der Waals surface area contributed by atoms with Crippen molar-refractivity contribution in [2.75, 3.05) is 11.9 Å². The van der Waals surface area contributed by atoms with Gasteiger partial charge in [-0.15, -0.1) is 0 Å². The summed E-state index contributed by atoms with van der Waals surface area (Å²) in [6.07, 6.45) is 2.21. The van der Waals surface area contributed by atoms with Gasteiger partial charge in [0.05, 0.1) is 11.6 Å². The SMILES string of the molecule is CC(CCBr)CCOc1ccc(-c2ccccc2)cc1Cl. The smallest absolute Gasteiger partial charge is 0.137 e. The Kier molecular flexibility index (Phi) is 6.59. The number of halogens is 2. The normalized spacial score (nSPS) is 12.1. The van der Waals surface area contributed by atoms with Gasteiger partial charge in [-0.05, 0) is 42.0 Å². The minimum absolute atomic E-state index is 0.659. The van der Waals surface area contributed by atoms with Crippen molar-refractivity contribution in [3.05, 3.63) is 53.6 Å². The Morgan fingerprint density at radius 1 is 1.05 bits per heavy atom. The Morgan fingerprint density at radius 2 is 1.81 bits per heavy atom. The molecule has 2 aromatic carbocycles. The lowest BCUT2D eigenvalue weighted by Crippen LogP contribution is -2.05. The minimum atomic E-state index is 0.659. The lowest BCUT2D eigenvalue weighted by atomic mass is 10.1. The summed E-state index contributed by atoms with van der Waals surface area (Å²) in [6, 6.07) is 16.2. The summed E-state index contributed by atoms with van der Waals surface area (Å²) in [4.78, 5) is 0. The number of ether oxygens (including phenoxy) is 1. The van der Waals surface area contributed by atoms with E-state index >= 15 is 0 Å². The summed E-state index contributed by atoms with van der Waals surface area (Å²) in [5.74, 6) is 1.43. The molecule has 1 unspecified atom stereocenters. The number of benzene rings is 2. The maximum atomic E-state index is 6.32. The van der Waals surface area contributed by atoms with Gasteiger partial charge in [-0.2, -0.15) is 0 Å². The van der Waals surface area contributed by atoms with E-state index < -0.39 is 0 Å². The molecule has 1 nitrogen and oxygen atoms in total.